The molecule has 86 valence electrons. The molecule has 2 heterocycles. The zero-order valence-corrected chi connectivity index (χ0v) is 9.33. The molecule has 18 heavy (non-hydrogen) atoms. The topological polar surface area (TPSA) is 47.5 Å². The number of fused-ring (bicyclic) bond motifs is 5. The number of hydrogen-bond donors (Lipinski definition) is 0. The summed E-state index contributed by atoms with van der Waals surface area (Å²) in [7, 11) is 0. The van der Waals surface area contributed by atoms with Crippen molar-refractivity contribution in [2.75, 3.05) is 0 Å². The van der Waals surface area contributed by atoms with Crippen molar-refractivity contribution in [2.24, 2.45) is 0 Å². The van der Waals surface area contributed by atoms with Crippen LogP contribution in [0.5, 0.6) is 0 Å². The number of hydrogen-bond acceptors (Lipinski definition) is 3. The Balaban J connectivity index is 2.40. The molecular weight excluding hydrogens is 228 g/mol. The minimum absolute atomic E-state index is 0.330. The Bertz CT molecular complexity index is 950. The zero-order chi connectivity index (χ0) is 12.1. The van der Waals surface area contributed by atoms with E-state index < -0.39 is 0 Å². The molecule has 2 aromatic heterocycles. The average Bonchev–Trinajstić information content (AvgIpc) is 2.78. The molecule has 0 bridgehead atoms. The highest BCUT2D eigenvalue weighted by Gasteiger charge is 2.11. The molecule has 4 rings (SSSR count). The van der Waals surface area contributed by atoms with Gasteiger partial charge in [-0.1, -0.05) is 24.3 Å². The molecule has 0 aliphatic rings. The van der Waals surface area contributed by atoms with Crippen molar-refractivity contribution in [2.45, 2.75) is 0 Å². The van der Waals surface area contributed by atoms with Gasteiger partial charge in [0, 0.05) is 0 Å². The van der Waals surface area contributed by atoms with Crippen molar-refractivity contribution < 1.29 is 4.42 Å². The third kappa shape index (κ3) is 1.09. The maximum absolute atomic E-state index is 11.9. The van der Waals surface area contributed by atoms with Crippen LogP contribution in [0.15, 0.2) is 57.7 Å². The van der Waals surface area contributed by atoms with Crippen molar-refractivity contribution in [3.63, 3.8) is 0 Å². The maximum Gasteiger partial charge on any atom is 0.347 e. The summed E-state index contributed by atoms with van der Waals surface area (Å²) in [4.78, 5) is 11.9. The molecule has 0 amide bonds. The van der Waals surface area contributed by atoms with Gasteiger partial charge in [0.05, 0.1) is 21.8 Å². The molecular formula is C14H8N2O2. The van der Waals surface area contributed by atoms with Crippen molar-refractivity contribution in [1.82, 2.24) is 9.61 Å². The summed E-state index contributed by atoms with van der Waals surface area (Å²) in [6.45, 7) is 0. The maximum atomic E-state index is 11.9. The highest BCUT2D eigenvalue weighted by atomic mass is 16.4. The lowest BCUT2D eigenvalue weighted by Crippen LogP contribution is -2.03. The van der Waals surface area contributed by atoms with Gasteiger partial charge in [-0.3, -0.25) is 0 Å². The largest absolute Gasteiger partial charge is 0.403 e. The van der Waals surface area contributed by atoms with Crippen LogP contribution >= 0.6 is 0 Å². The van der Waals surface area contributed by atoms with Gasteiger partial charge in [-0.25, -0.2) is 4.79 Å². The first kappa shape index (κ1) is 9.41. The molecule has 0 radical (unpaired) electrons. The molecule has 0 atom stereocenters. The van der Waals surface area contributed by atoms with Gasteiger partial charge in [-0.2, -0.15) is 9.61 Å². The highest BCUT2D eigenvalue weighted by molar-refractivity contribution is 5.93. The quantitative estimate of drug-likeness (QED) is 0.471. The van der Waals surface area contributed by atoms with Crippen LogP contribution in [0.2, 0.25) is 0 Å². The summed E-state index contributed by atoms with van der Waals surface area (Å²) in [6.07, 6.45) is 0. The molecule has 0 saturated carbocycles. The molecule has 0 N–H and O–H groups in total. The first-order valence-corrected chi connectivity index (χ1v) is 5.64. The fraction of sp³-hybridized carbons (Fsp3) is 0. The van der Waals surface area contributed by atoms with Crippen molar-refractivity contribution >= 4 is 27.5 Å². The molecule has 4 heteroatoms. The summed E-state index contributed by atoms with van der Waals surface area (Å²) in [5.74, 6) is 0. The molecule has 0 unspecified atom stereocenters. The van der Waals surface area contributed by atoms with E-state index in [9.17, 15) is 4.79 Å². The Morgan fingerprint density at radius 1 is 0.944 bits per heavy atom. The van der Waals surface area contributed by atoms with Gasteiger partial charge in [-0.15, -0.1) is 0 Å². The van der Waals surface area contributed by atoms with Crippen molar-refractivity contribution in [3.05, 3.63) is 59.0 Å². The predicted octanol–water partition coefficient (Wildman–Crippen LogP) is 2.59. The lowest BCUT2D eigenvalue weighted by molar-refractivity contribution is 0.545. The van der Waals surface area contributed by atoms with Gasteiger partial charge >= 0.3 is 5.63 Å². The van der Waals surface area contributed by atoms with Crippen LogP contribution in [0.4, 0.5) is 0 Å². The molecule has 0 fully saturated rings. The van der Waals surface area contributed by atoms with Crippen molar-refractivity contribution in [3.8, 4) is 0 Å². The summed E-state index contributed by atoms with van der Waals surface area (Å²) in [5.41, 5.74) is 1.75. The average molecular weight is 236 g/mol. The monoisotopic (exact) mass is 236 g/mol. The van der Waals surface area contributed by atoms with E-state index in [0.29, 0.717) is 11.1 Å². The summed E-state index contributed by atoms with van der Waals surface area (Å²) in [6, 6.07) is 14.9. The van der Waals surface area contributed by atoms with Crippen LogP contribution in [0.1, 0.15) is 0 Å². The second kappa shape index (κ2) is 3.20. The van der Waals surface area contributed by atoms with E-state index in [-0.39, 0.29) is 5.63 Å². The van der Waals surface area contributed by atoms with E-state index in [2.05, 4.69) is 5.10 Å². The lowest BCUT2D eigenvalue weighted by atomic mass is 10.2. The number of rotatable bonds is 0. The Morgan fingerprint density at radius 2 is 1.67 bits per heavy atom. The molecule has 4 aromatic rings. The molecule has 0 aliphatic carbocycles. The first-order chi connectivity index (χ1) is 8.84. The lowest BCUT2D eigenvalue weighted by Gasteiger charge is -1.98. The summed E-state index contributed by atoms with van der Waals surface area (Å²) < 4.78 is 7.06. The van der Waals surface area contributed by atoms with Crippen LogP contribution in [-0.4, -0.2) is 9.61 Å². The minimum Gasteiger partial charge on any atom is -0.403 e. The zero-order valence-electron chi connectivity index (χ0n) is 9.33. The van der Waals surface area contributed by atoms with Crippen LogP contribution in [-0.2, 0) is 0 Å². The van der Waals surface area contributed by atoms with Crippen LogP contribution in [0.25, 0.3) is 27.5 Å². The van der Waals surface area contributed by atoms with E-state index in [0.717, 1.165) is 16.4 Å². The van der Waals surface area contributed by atoms with Gasteiger partial charge in [0.25, 0.3) is 0 Å². The van der Waals surface area contributed by atoms with Gasteiger partial charge < -0.3 is 4.42 Å². The van der Waals surface area contributed by atoms with Crippen molar-refractivity contribution in [1.29, 1.82) is 0 Å². The third-order valence-corrected chi connectivity index (χ3v) is 3.08. The van der Waals surface area contributed by atoms with Gasteiger partial charge in [0.15, 0.2) is 0 Å². The van der Waals surface area contributed by atoms with E-state index in [1.165, 1.54) is 0 Å². The normalized spacial score (nSPS) is 11.6. The number of aromatic nitrogens is 2. The van der Waals surface area contributed by atoms with Crippen LogP contribution < -0.4 is 5.63 Å². The Labute approximate surface area is 101 Å². The number of para-hydroxylation sites is 1. The number of nitrogens with zero attached hydrogens (tertiary/aromatic N) is 2. The van der Waals surface area contributed by atoms with E-state index >= 15 is 0 Å². The second-order valence-electron chi connectivity index (χ2n) is 4.14. The van der Waals surface area contributed by atoms with Crippen LogP contribution in [0.3, 0.4) is 0 Å². The number of benzene rings is 2. The molecule has 0 aliphatic heterocycles. The second-order valence-corrected chi connectivity index (χ2v) is 4.14. The summed E-state index contributed by atoms with van der Waals surface area (Å²) in [5, 5.41) is 5.86. The standard InChI is InChI=1S/C14H8N2O2/c17-14-10-6-2-4-8-12(10)16-13(18-14)9-5-1-3-7-11(9)15-16/h1-8H. The van der Waals surface area contributed by atoms with Gasteiger partial charge in [0.2, 0.25) is 5.71 Å². The predicted molar refractivity (Wildman–Crippen MR) is 68.7 cm³/mol. The first-order valence-electron chi connectivity index (χ1n) is 5.64. The van der Waals surface area contributed by atoms with Gasteiger partial charge in [-0.05, 0) is 24.3 Å². The smallest absolute Gasteiger partial charge is 0.347 e. The molecule has 4 nitrogen and oxygen atoms in total. The fourth-order valence-electron chi connectivity index (χ4n) is 2.24. The Hall–Kier alpha value is -2.62. The van der Waals surface area contributed by atoms with E-state index in [1.54, 1.807) is 10.6 Å². The highest BCUT2D eigenvalue weighted by Crippen LogP contribution is 2.21. The van der Waals surface area contributed by atoms with E-state index in [4.69, 9.17) is 4.42 Å². The Morgan fingerprint density at radius 3 is 2.56 bits per heavy atom. The molecule has 2 aromatic carbocycles. The summed E-state index contributed by atoms with van der Waals surface area (Å²) >= 11 is 0. The van der Waals surface area contributed by atoms with E-state index in [1.807, 2.05) is 42.5 Å². The van der Waals surface area contributed by atoms with Crippen LogP contribution in [0, 0.1) is 0 Å². The Kier molecular flexibility index (Phi) is 1.67. The third-order valence-electron chi connectivity index (χ3n) is 3.08. The fourth-order valence-corrected chi connectivity index (χ4v) is 2.24. The molecule has 0 spiro atoms. The van der Waals surface area contributed by atoms with Gasteiger partial charge in [0.1, 0.15) is 0 Å². The molecule has 0 saturated heterocycles. The minimum atomic E-state index is -0.330. The SMILES string of the molecule is O=c1oc2c3ccccc3nn2c2ccccc12.